The van der Waals surface area contributed by atoms with Gasteiger partial charge in [-0.25, -0.2) is 0 Å². The maximum Gasteiger partial charge on any atom is 0.156 e. The van der Waals surface area contributed by atoms with E-state index in [-0.39, 0.29) is 17.9 Å². The van der Waals surface area contributed by atoms with Crippen LogP contribution in [0.2, 0.25) is 0 Å². The van der Waals surface area contributed by atoms with Gasteiger partial charge < -0.3 is 4.90 Å². The van der Waals surface area contributed by atoms with Crippen molar-refractivity contribution in [2.45, 2.75) is 18.9 Å². The van der Waals surface area contributed by atoms with E-state index in [1.165, 1.54) is 16.3 Å². The third kappa shape index (κ3) is 2.40. The van der Waals surface area contributed by atoms with Crippen LogP contribution in [0.4, 0.5) is 0 Å². The Morgan fingerprint density at radius 1 is 1.15 bits per heavy atom. The summed E-state index contributed by atoms with van der Waals surface area (Å²) in [5.41, 5.74) is 1.24. The predicted octanol–water partition coefficient (Wildman–Crippen LogP) is 4.48. The molecule has 0 radical (unpaired) electrons. The number of nitrogens with one attached hydrogen (secondary N) is 1. The van der Waals surface area contributed by atoms with Crippen LogP contribution in [0.1, 0.15) is 18.9 Å². The highest BCUT2D eigenvalue weighted by molar-refractivity contribution is 8.13. The number of hydrogen-bond donors (Lipinski definition) is 1. The van der Waals surface area contributed by atoms with Crippen molar-refractivity contribution in [1.82, 2.24) is 4.90 Å². The second-order valence-corrected chi connectivity index (χ2v) is 6.38. The molecule has 0 aromatic heterocycles. The summed E-state index contributed by atoms with van der Waals surface area (Å²) in [7, 11) is 2.03. The van der Waals surface area contributed by atoms with E-state index in [0.29, 0.717) is 5.17 Å². The van der Waals surface area contributed by atoms with Crippen molar-refractivity contribution in [3.05, 3.63) is 48.0 Å². The average Bonchev–Trinajstić information content (AvgIpc) is 2.44. The van der Waals surface area contributed by atoms with Crippen molar-refractivity contribution in [3.63, 3.8) is 0 Å². The van der Waals surface area contributed by atoms with Crippen LogP contribution in [0.3, 0.4) is 0 Å². The van der Waals surface area contributed by atoms with Crippen molar-refractivity contribution in [2.24, 2.45) is 0 Å². The Kier molecular flexibility index (Phi) is 4.31. The van der Waals surface area contributed by atoms with Crippen molar-refractivity contribution >= 4 is 40.1 Å². The molecule has 3 rings (SSSR count). The monoisotopic (exact) mass is 306 g/mol. The van der Waals surface area contributed by atoms with Gasteiger partial charge in [0.1, 0.15) is 0 Å². The van der Waals surface area contributed by atoms with Gasteiger partial charge in [-0.2, -0.15) is 0 Å². The van der Waals surface area contributed by atoms with Crippen LogP contribution >= 0.6 is 24.2 Å². The summed E-state index contributed by atoms with van der Waals surface area (Å²) < 4.78 is 0. The zero-order valence-corrected chi connectivity index (χ0v) is 13.4. The fraction of sp³-hybridized carbons (Fsp3) is 0.312. The standard InChI is InChI=1S/C16H18N2S.ClH/c1-16(9-10-19-15(17)18(16)2)14-8-7-12-5-3-4-6-13(12)11-14;/h3-8,11,17H,9-10H2,1-2H3;1H. The molecule has 1 aliphatic rings. The van der Waals surface area contributed by atoms with E-state index >= 15 is 0 Å². The largest absolute Gasteiger partial charge is 0.345 e. The van der Waals surface area contributed by atoms with E-state index in [0.717, 1.165) is 12.2 Å². The van der Waals surface area contributed by atoms with Gasteiger partial charge in [-0.1, -0.05) is 48.2 Å². The second kappa shape index (κ2) is 5.66. The quantitative estimate of drug-likeness (QED) is 0.841. The third-order valence-corrected chi connectivity index (χ3v) is 5.20. The van der Waals surface area contributed by atoms with Gasteiger partial charge >= 0.3 is 0 Å². The molecule has 20 heavy (non-hydrogen) atoms. The van der Waals surface area contributed by atoms with Crippen molar-refractivity contribution in [2.75, 3.05) is 12.8 Å². The summed E-state index contributed by atoms with van der Waals surface area (Å²) in [4.78, 5) is 2.10. The maximum atomic E-state index is 8.05. The lowest BCUT2D eigenvalue weighted by Crippen LogP contribution is -2.47. The number of rotatable bonds is 1. The summed E-state index contributed by atoms with van der Waals surface area (Å²) in [6.07, 6.45) is 1.08. The highest BCUT2D eigenvalue weighted by atomic mass is 35.5. The first-order valence-electron chi connectivity index (χ1n) is 6.56. The Morgan fingerprint density at radius 2 is 1.85 bits per heavy atom. The maximum absolute atomic E-state index is 8.05. The zero-order valence-electron chi connectivity index (χ0n) is 11.7. The molecular formula is C16H19ClN2S. The normalized spacial score (nSPS) is 22.7. The van der Waals surface area contributed by atoms with Gasteiger partial charge in [0.15, 0.2) is 5.17 Å². The Labute approximate surface area is 130 Å². The minimum Gasteiger partial charge on any atom is -0.345 e. The molecule has 106 valence electrons. The van der Waals surface area contributed by atoms with Gasteiger partial charge in [-0.15, -0.1) is 12.4 Å². The van der Waals surface area contributed by atoms with Crippen molar-refractivity contribution in [1.29, 1.82) is 5.41 Å². The Bertz CT molecular complexity index is 643. The zero-order chi connectivity index (χ0) is 13.5. The van der Waals surface area contributed by atoms with E-state index in [2.05, 4.69) is 54.3 Å². The highest BCUT2D eigenvalue weighted by Crippen LogP contribution is 2.38. The molecule has 2 nitrogen and oxygen atoms in total. The highest BCUT2D eigenvalue weighted by Gasteiger charge is 2.36. The van der Waals surface area contributed by atoms with E-state index in [4.69, 9.17) is 5.41 Å². The minimum atomic E-state index is -0.0631. The third-order valence-electron chi connectivity index (χ3n) is 4.24. The van der Waals surface area contributed by atoms with Gasteiger partial charge in [0.2, 0.25) is 0 Å². The first kappa shape index (κ1) is 15.2. The van der Waals surface area contributed by atoms with Crippen LogP contribution in [0, 0.1) is 5.41 Å². The van der Waals surface area contributed by atoms with Crippen LogP contribution in [-0.4, -0.2) is 22.9 Å². The minimum absolute atomic E-state index is 0. The number of amidine groups is 1. The SMILES string of the molecule is CN1C(=N)SCCC1(C)c1ccc2ccccc2c1.Cl. The predicted molar refractivity (Wildman–Crippen MR) is 91.1 cm³/mol. The second-order valence-electron chi connectivity index (χ2n) is 5.30. The molecule has 0 bridgehead atoms. The summed E-state index contributed by atoms with van der Waals surface area (Å²) in [6, 6.07) is 15.1. The topological polar surface area (TPSA) is 27.1 Å². The molecule has 1 saturated heterocycles. The molecule has 1 fully saturated rings. The molecule has 0 spiro atoms. The fourth-order valence-corrected chi connectivity index (χ4v) is 3.79. The number of halogens is 1. The number of fused-ring (bicyclic) bond motifs is 1. The molecule has 0 saturated carbocycles. The molecule has 0 aliphatic carbocycles. The smallest absolute Gasteiger partial charge is 0.156 e. The number of benzene rings is 2. The molecule has 1 N–H and O–H groups in total. The number of hydrogen-bond acceptors (Lipinski definition) is 2. The van der Waals surface area contributed by atoms with Gasteiger partial charge in [-0.05, 0) is 35.7 Å². The Hall–Kier alpha value is -1.19. The molecule has 2 aromatic carbocycles. The van der Waals surface area contributed by atoms with Gasteiger partial charge in [0, 0.05) is 12.8 Å². The summed E-state index contributed by atoms with van der Waals surface area (Å²) in [6.45, 7) is 2.24. The van der Waals surface area contributed by atoms with Gasteiger partial charge in [-0.3, -0.25) is 5.41 Å². The van der Waals surface area contributed by atoms with E-state index < -0.39 is 0 Å². The summed E-state index contributed by atoms with van der Waals surface area (Å²) in [5.74, 6) is 1.02. The van der Waals surface area contributed by atoms with Crippen LogP contribution in [-0.2, 0) is 5.54 Å². The van der Waals surface area contributed by atoms with Crippen molar-refractivity contribution in [3.8, 4) is 0 Å². The van der Waals surface area contributed by atoms with Gasteiger partial charge in [0.05, 0.1) is 5.54 Å². The Morgan fingerprint density at radius 3 is 2.60 bits per heavy atom. The molecule has 4 heteroatoms. The molecule has 0 amide bonds. The Balaban J connectivity index is 0.00000147. The summed E-state index contributed by atoms with van der Waals surface area (Å²) in [5, 5.41) is 11.3. The lowest BCUT2D eigenvalue weighted by molar-refractivity contribution is 0.224. The van der Waals surface area contributed by atoms with Crippen LogP contribution in [0.15, 0.2) is 42.5 Å². The number of thioether (sulfide) groups is 1. The van der Waals surface area contributed by atoms with Crippen molar-refractivity contribution < 1.29 is 0 Å². The average molecular weight is 307 g/mol. The number of nitrogens with zero attached hydrogens (tertiary/aromatic N) is 1. The van der Waals surface area contributed by atoms with Crippen LogP contribution < -0.4 is 0 Å². The molecular weight excluding hydrogens is 288 g/mol. The fourth-order valence-electron chi connectivity index (χ4n) is 2.70. The first-order valence-corrected chi connectivity index (χ1v) is 7.54. The van der Waals surface area contributed by atoms with Crippen LogP contribution in [0.25, 0.3) is 10.8 Å². The summed E-state index contributed by atoms with van der Waals surface area (Å²) >= 11 is 1.64. The first-order chi connectivity index (χ1) is 9.11. The van der Waals surface area contributed by atoms with E-state index in [9.17, 15) is 0 Å². The lowest BCUT2D eigenvalue weighted by Gasteiger charge is -2.44. The molecule has 1 aliphatic heterocycles. The van der Waals surface area contributed by atoms with E-state index in [1.54, 1.807) is 11.8 Å². The lowest BCUT2D eigenvalue weighted by atomic mass is 9.86. The van der Waals surface area contributed by atoms with Crippen LogP contribution in [0.5, 0.6) is 0 Å². The molecule has 1 heterocycles. The molecule has 1 unspecified atom stereocenters. The van der Waals surface area contributed by atoms with Gasteiger partial charge in [0.25, 0.3) is 0 Å². The molecule has 1 atom stereocenters. The van der Waals surface area contributed by atoms with E-state index in [1.807, 2.05) is 7.05 Å². The molecule has 2 aromatic rings.